The van der Waals surface area contributed by atoms with Crippen LogP contribution in [0.1, 0.15) is 10.4 Å². The van der Waals surface area contributed by atoms with Gasteiger partial charge in [-0.05, 0) is 24.3 Å². The third-order valence-corrected chi connectivity index (χ3v) is 2.80. The molecule has 0 bridgehead atoms. The molecule has 0 fully saturated rings. The van der Waals surface area contributed by atoms with Crippen molar-refractivity contribution < 1.29 is 4.79 Å². The monoisotopic (exact) mass is 279 g/mol. The minimum Gasteiger partial charge on any atom is -0.350 e. The van der Waals surface area contributed by atoms with Gasteiger partial charge in [0.25, 0.3) is 5.91 Å². The summed E-state index contributed by atoms with van der Waals surface area (Å²) in [6, 6.07) is 6.72. The Bertz CT molecular complexity index is 555. The van der Waals surface area contributed by atoms with Crippen LogP contribution in [-0.4, -0.2) is 22.2 Å². The summed E-state index contributed by atoms with van der Waals surface area (Å²) in [5.41, 5.74) is 3.41. The number of nitrogens with one attached hydrogen (secondary N) is 2. The van der Waals surface area contributed by atoms with Crippen LogP contribution in [0.2, 0.25) is 5.02 Å². The van der Waals surface area contributed by atoms with E-state index in [1.54, 1.807) is 29.1 Å². The number of hydrogen-bond donors (Lipinski definition) is 3. The molecule has 6 nitrogen and oxygen atoms in total. The minimum atomic E-state index is -0.234. The molecule has 0 saturated carbocycles. The second kappa shape index (κ2) is 6.21. The predicted octanol–water partition coefficient (Wildman–Crippen LogP) is 1.25. The Morgan fingerprint density at radius 1 is 1.47 bits per heavy atom. The molecule has 2 aromatic rings. The van der Waals surface area contributed by atoms with E-state index in [4.69, 9.17) is 17.4 Å². The van der Waals surface area contributed by atoms with Gasteiger partial charge in [-0.25, -0.2) is 0 Å². The number of aromatic nitrogens is 2. The van der Waals surface area contributed by atoms with E-state index in [-0.39, 0.29) is 5.91 Å². The fourth-order valence-corrected chi connectivity index (χ4v) is 1.81. The van der Waals surface area contributed by atoms with E-state index in [0.29, 0.717) is 29.4 Å². The molecule has 2 rings (SSSR count). The molecule has 1 heterocycles. The van der Waals surface area contributed by atoms with Crippen molar-refractivity contribution >= 4 is 23.2 Å². The Balaban J connectivity index is 1.97. The first-order valence-corrected chi connectivity index (χ1v) is 6.10. The van der Waals surface area contributed by atoms with Gasteiger partial charge in [-0.15, -0.1) is 0 Å². The first-order valence-electron chi connectivity index (χ1n) is 5.72. The fraction of sp³-hybridized carbons (Fsp3) is 0.167. The largest absolute Gasteiger partial charge is 0.350 e. The average molecular weight is 280 g/mol. The Morgan fingerprint density at radius 3 is 3.00 bits per heavy atom. The maximum absolute atomic E-state index is 12.0. The van der Waals surface area contributed by atoms with Gasteiger partial charge in [0, 0.05) is 24.0 Å². The summed E-state index contributed by atoms with van der Waals surface area (Å²) >= 11 is 5.87. The summed E-state index contributed by atoms with van der Waals surface area (Å²) in [6.45, 7) is 1.07. The Labute approximate surface area is 115 Å². The molecule has 0 aliphatic heterocycles. The lowest BCUT2D eigenvalue weighted by molar-refractivity contribution is 0.0952. The van der Waals surface area contributed by atoms with Crippen LogP contribution in [-0.2, 0) is 6.54 Å². The van der Waals surface area contributed by atoms with E-state index in [1.807, 2.05) is 12.3 Å². The summed E-state index contributed by atoms with van der Waals surface area (Å²) in [7, 11) is 0. The molecule has 7 heteroatoms. The zero-order chi connectivity index (χ0) is 13.7. The van der Waals surface area contributed by atoms with Gasteiger partial charge in [0.2, 0.25) is 0 Å². The van der Waals surface area contributed by atoms with Crippen LogP contribution in [0.25, 0.3) is 0 Å². The van der Waals surface area contributed by atoms with E-state index in [0.717, 1.165) is 0 Å². The number of hydrazine groups is 1. The normalized spacial score (nSPS) is 10.2. The fourth-order valence-electron chi connectivity index (χ4n) is 1.64. The van der Waals surface area contributed by atoms with E-state index in [2.05, 4.69) is 15.8 Å². The standard InChI is InChI=1S/C12H14ClN5O/c13-9-2-3-11(17-14)10(8-9)12(19)15-5-7-18-6-1-4-16-18/h1-4,6,8,17H,5,7,14H2,(H,15,19). The zero-order valence-corrected chi connectivity index (χ0v) is 10.9. The number of nitrogens with zero attached hydrogens (tertiary/aromatic N) is 2. The van der Waals surface area contributed by atoms with E-state index >= 15 is 0 Å². The highest BCUT2D eigenvalue weighted by Crippen LogP contribution is 2.19. The van der Waals surface area contributed by atoms with Gasteiger partial charge in [-0.2, -0.15) is 5.10 Å². The van der Waals surface area contributed by atoms with Crippen LogP contribution in [0, 0.1) is 0 Å². The molecule has 0 saturated heterocycles. The summed E-state index contributed by atoms with van der Waals surface area (Å²) in [5, 5.41) is 7.31. The highest BCUT2D eigenvalue weighted by molar-refractivity contribution is 6.31. The van der Waals surface area contributed by atoms with Gasteiger partial charge in [0.1, 0.15) is 0 Å². The number of carbonyl (C=O) groups is 1. The number of benzene rings is 1. The molecule has 0 spiro atoms. The smallest absolute Gasteiger partial charge is 0.253 e. The SMILES string of the molecule is NNc1ccc(Cl)cc1C(=O)NCCn1cccn1. The van der Waals surface area contributed by atoms with Crippen LogP contribution >= 0.6 is 11.6 Å². The van der Waals surface area contributed by atoms with Crippen molar-refractivity contribution in [2.45, 2.75) is 6.54 Å². The lowest BCUT2D eigenvalue weighted by atomic mass is 10.1. The maximum atomic E-state index is 12.0. The van der Waals surface area contributed by atoms with E-state index < -0.39 is 0 Å². The van der Waals surface area contributed by atoms with E-state index in [9.17, 15) is 4.79 Å². The Hall–Kier alpha value is -2.05. The van der Waals surface area contributed by atoms with Crippen LogP contribution in [0.3, 0.4) is 0 Å². The molecular weight excluding hydrogens is 266 g/mol. The molecule has 100 valence electrons. The first kappa shape index (κ1) is 13.4. The lowest BCUT2D eigenvalue weighted by Gasteiger charge is -2.10. The van der Waals surface area contributed by atoms with Crippen LogP contribution in [0.5, 0.6) is 0 Å². The van der Waals surface area contributed by atoms with Crippen molar-refractivity contribution in [2.75, 3.05) is 12.0 Å². The first-order chi connectivity index (χ1) is 9.20. The summed E-state index contributed by atoms with van der Waals surface area (Å²) in [5.74, 6) is 5.12. The number of anilines is 1. The van der Waals surface area contributed by atoms with Crippen molar-refractivity contribution in [3.8, 4) is 0 Å². The van der Waals surface area contributed by atoms with Crippen LogP contribution in [0.15, 0.2) is 36.7 Å². The molecule has 1 aromatic heterocycles. The van der Waals surface area contributed by atoms with Crippen molar-refractivity contribution in [3.05, 3.63) is 47.2 Å². The second-order valence-electron chi connectivity index (χ2n) is 3.86. The molecule has 19 heavy (non-hydrogen) atoms. The predicted molar refractivity (Wildman–Crippen MR) is 73.8 cm³/mol. The molecule has 0 aliphatic carbocycles. The van der Waals surface area contributed by atoms with Crippen LogP contribution < -0.4 is 16.6 Å². The Kier molecular flexibility index (Phi) is 4.38. The molecule has 1 amide bonds. The molecule has 1 aromatic carbocycles. The molecule has 0 atom stereocenters. The molecule has 0 radical (unpaired) electrons. The molecule has 4 N–H and O–H groups in total. The maximum Gasteiger partial charge on any atom is 0.253 e. The van der Waals surface area contributed by atoms with Crippen molar-refractivity contribution in [1.29, 1.82) is 0 Å². The van der Waals surface area contributed by atoms with Gasteiger partial charge in [0.05, 0.1) is 17.8 Å². The number of carbonyl (C=O) groups excluding carboxylic acids is 1. The number of amides is 1. The van der Waals surface area contributed by atoms with Crippen molar-refractivity contribution in [2.24, 2.45) is 5.84 Å². The lowest BCUT2D eigenvalue weighted by Crippen LogP contribution is -2.28. The van der Waals surface area contributed by atoms with Gasteiger partial charge in [-0.1, -0.05) is 11.6 Å². The number of nitrogens with two attached hydrogens (primary N) is 1. The van der Waals surface area contributed by atoms with Crippen molar-refractivity contribution in [1.82, 2.24) is 15.1 Å². The number of halogens is 1. The highest BCUT2D eigenvalue weighted by Gasteiger charge is 2.11. The van der Waals surface area contributed by atoms with Crippen LogP contribution in [0.4, 0.5) is 5.69 Å². The third-order valence-electron chi connectivity index (χ3n) is 2.57. The molecular formula is C12H14ClN5O. The van der Waals surface area contributed by atoms with E-state index in [1.165, 1.54) is 0 Å². The quantitative estimate of drug-likeness (QED) is 0.568. The summed E-state index contributed by atoms with van der Waals surface area (Å²) < 4.78 is 1.74. The second-order valence-corrected chi connectivity index (χ2v) is 4.30. The Morgan fingerprint density at radius 2 is 2.32 bits per heavy atom. The number of hydrogen-bond acceptors (Lipinski definition) is 4. The van der Waals surface area contributed by atoms with Gasteiger partial charge < -0.3 is 10.7 Å². The zero-order valence-electron chi connectivity index (χ0n) is 10.1. The number of rotatable bonds is 5. The van der Waals surface area contributed by atoms with Gasteiger partial charge in [0.15, 0.2) is 0 Å². The summed E-state index contributed by atoms with van der Waals surface area (Å²) in [6.07, 6.45) is 3.52. The topological polar surface area (TPSA) is 85.0 Å². The third kappa shape index (κ3) is 3.46. The summed E-state index contributed by atoms with van der Waals surface area (Å²) in [4.78, 5) is 12.0. The number of nitrogen functional groups attached to an aromatic ring is 1. The van der Waals surface area contributed by atoms with Crippen molar-refractivity contribution in [3.63, 3.8) is 0 Å². The van der Waals surface area contributed by atoms with Gasteiger partial charge >= 0.3 is 0 Å². The highest BCUT2D eigenvalue weighted by atomic mass is 35.5. The molecule has 0 aliphatic rings. The molecule has 0 unspecified atom stereocenters. The minimum absolute atomic E-state index is 0.234. The average Bonchev–Trinajstić information content (AvgIpc) is 2.91. The van der Waals surface area contributed by atoms with Gasteiger partial charge in [-0.3, -0.25) is 15.3 Å².